The van der Waals surface area contributed by atoms with Gasteiger partial charge in [0.15, 0.2) is 0 Å². The molecular weight excluding hydrogens is 477 g/mol. The lowest BCUT2D eigenvalue weighted by Gasteiger charge is -2.14. The van der Waals surface area contributed by atoms with E-state index in [4.69, 9.17) is 18.6 Å². The van der Waals surface area contributed by atoms with Crippen molar-refractivity contribution in [3.05, 3.63) is 99.9 Å². The number of esters is 1. The first-order chi connectivity index (χ1) is 17.3. The minimum atomic E-state index is -5.01. The molecule has 0 aliphatic rings. The molecule has 4 aromatic rings. The molecule has 0 saturated heterocycles. The Balaban J connectivity index is 1.64. The van der Waals surface area contributed by atoms with Gasteiger partial charge in [0, 0.05) is 6.07 Å². The van der Waals surface area contributed by atoms with Crippen LogP contribution in [-0.4, -0.2) is 12.6 Å². The molecule has 1 aromatic heterocycles. The lowest BCUT2D eigenvalue weighted by atomic mass is 10.2. The molecule has 0 bridgehead atoms. The van der Waals surface area contributed by atoms with Crippen molar-refractivity contribution in [2.45, 2.75) is 26.1 Å². The van der Waals surface area contributed by atoms with Gasteiger partial charge in [0.1, 0.15) is 23.7 Å². The van der Waals surface area contributed by atoms with Gasteiger partial charge >= 0.3 is 12.1 Å². The minimum absolute atomic E-state index is 0.0815. The zero-order valence-electron chi connectivity index (χ0n) is 19.1. The highest BCUT2D eigenvalue weighted by molar-refractivity contribution is 5.89. The van der Waals surface area contributed by atoms with E-state index in [1.807, 2.05) is 37.3 Å². The van der Waals surface area contributed by atoms with E-state index >= 15 is 0 Å². The molecule has 0 unspecified atom stereocenters. The van der Waals surface area contributed by atoms with Crippen molar-refractivity contribution in [1.29, 1.82) is 0 Å². The van der Waals surface area contributed by atoms with Crippen LogP contribution in [0.15, 0.2) is 82.0 Å². The molecule has 1 heterocycles. The smallest absolute Gasteiger partial charge is 0.453 e. The number of rotatable bonds is 8. The van der Waals surface area contributed by atoms with E-state index in [2.05, 4.69) is 0 Å². The van der Waals surface area contributed by atoms with Crippen LogP contribution < -0.4 is 14.9 Å². The average molecular weight is 498 g/mol. The second kappa shape index (κ2) is 10.6. The van der Waals surface area contributed by atoms with Gasteiger partial charge < -0.3 is 18.6 Å². The van der Waals surface area contributed by atoms with Gasteiger partial charge in [-0.05, 0) is 48.4 Å². The summed E-state index contributed by atoms with van der Waals surface area (Å²) in [6.45, 7) is 2.27. The van der Waals surface area contributed by atoms with Gasteiger partial charge in [-0.3, -0.25) is 4.79 Å². The van der Waals surface area contributed by atoms with Crippen molar-refractivity contribution in [3.8, 4) is 17.2 Å². The summed E-state index contributed by atoms with van der Waals surface area (Å²) in [6.07, 6.45) is -4.36. The number of hydrogen-bond donors (Lipinski definition) is 0. The Labute approximate surface area is 203 Å². The molecule has 0 amide bonds. The number of benzene rings is 3. The molecule has 6 nitrogen and oxygen atoms in total. The van der Waals surface area contributed by atoms with Crippen molar-refractivity contribution >= 4 is 16.9 Å². The third-order valence-electron chi connectivity index (χ3n) is 5.08. The highest BCUT2D eigenvalue weighted by Gasteiger charge is 2.40. The number of hydrogen-bond acceptors (Lipinski definition) is 6. The summed E-state index contributed by atoms with van der Waals surface area (Å²) in [5.74, 6) is -3.00. The number of fused-ring (bicyclic) bond motifs is 1. The Morgan fingerprint density at radius 1 is 0.944 bits per heavy atom. The lowest BCUT2D eigenvalue weighted by molar-refractivity contribution is -0.154. The molecule has 0 aliphatic heterocycles. The summed E-state index contributed by atoms with van der Waals surface area (Å²) in [6, 6.07) is 18.4. The van der Waals surface area contributed by atoms with Crippen molar-refractivity contribution in [2.75, 3.05) is 6.61 Å². The number of alkyl halides is 3. The van der Waals surface area contributed by atoms with E-state index in [1.54, 1.807) is 0 Å². The summed E-state index contributed by atoms with van der Waals surface area (Å²) in [4.78, 5) is 24.9. The van der Waals surface area contributed by atoms with Crippen LogP contribution in [-0.2, 0) is 17.5 Å². The molecule has 0 aliphatic carbocycles. The van der Waals surface area contributed by atoms with Crippen LogP contribution in [0.4, 0.5) is 13.2 Å². The quantitative estimate of drug-likeness (QED) is 0.250. The van der Waals surface area contributed by atoms with Crippen molar-refractivity contribution in [2.24, 2.45) is 0 Å². The molecule has 0 radical (unpaired) electrons. The predicted molar refractivity (Wildman–Crippen MR) is 125 cm³/mol. The summed E-state index contributed by atoms with van der Waals surface area (Å²) < 4.78 is 62.5. The topological polar surface area (TPSA) is 75.0 Å². The van der Waals surface area contributed by atoms with E-state index in [0.717, 1.165) is 5.56 Å². The fourth-order valence-corrected chi connectivity index (χ4v) is 3.32. The second-order valence-corrected chi connectivity index (χ2v) is 7.78. The zero-order chi connectivity index (χ0) is 25.7. The molecular formula is C27H21F3O6. The summed E-state index contributed by atoms with van der Waals surface area (Å²) >= 11 is 0. The standard InChI is InChI=1S/C27H21F3O6/c1-2-14-33-26(32)18-8-10-19(11-9-18)35-24-23(31)21-13-12-20(34-16-17-6-4-3-5-7-17)15-22(21)36-25(24)27(28,29)30/h3-13,15H,2,14,16H2,1H3. The van der Waals surface area contributed by atoms with Gasteiger partial charge in [0.2, 0.25) is 11.2 Å². The molecule has 36 heavy (non-hydrogen) atoms. The van der Waals surface area contributed by atoms with Crippen LogP contribution in [0.1, 0.15) is 35.0 Å². The van der Waals surface area contributed by atoms with Crippen LogP contribution in [0.3, 0.4) is 0 Å². The Bertz CT molecular complexity index is 1410. The van der Waals surface area contributed by atoms with Gasteiger partial charge in [-0.1, -0.05) is 37.3 Å². The molecule has 0 saturated carbocycles. The van der Waals surface area contributed by atoms with Crippen LogP contribution in [0.5, 0.6) is 17.2 Å². The summed E-state index contributed by atoms with van der Waals surface area (Å²) in [5, 5.41) is -0.107. The fraction of sp³-hybridized carbons (Fsp3) is 0.185. The minimum Gasteiger partial charge on any atom is -0.489 e. The predicted octanol–water partition coefficient (Wildman–Crippen LogP) is 6.75. The Morgan fingerprint density at radius 3 is 2.31 bits per heavy atom. The molecule has 0 atom stereocenters. The number of halogens is 3. The Kier molecular flexibility index (Phi) is 7.28. The molecule has 3 aromatic carbocycles. The second-order valence-electron chi connectivity index (χ2n) is 7.78. The zero-order valence-corrected chi connectivity index (χ0v) is 19.1. The fourth-order valence-electron chi connectivity index (χ4n) is 3.32. The lowest BCUT2D eigenvalue weighted by Crippen LogP contribution is -2.15. The van der Waals surface area contributed by atoms with E-state index in [9.17, 15) is 22.8 Å². The van der Waals surface area contributed by atoms with E-state index in [1.165, 1.54) is 42.5 Å². The third-order valence-corrected chi connectivity index (χ3v) is 5.08. The molecule has 0 spiro atoms. The highest BCUT2D eigenvalue weighted by Crippen LogP contribution is 2.38. The monoisotopic (exact) mass is 498 g/mol. The Morgan fingerprint density at radius 2 is 1.64 bits per heavy atom. The first-order valence-corrected chi connectivity index (χ1v) is 11.1. The Hall–Kier alpha value is -4.27. The number of ether oxygens (including phenoxy) is 3. The van der Waals surface area contributed by atoms with Gasteiger partial charge in [-0.2, -0.15) is 13.2 Å². The first kappa shape index (κ1) is 24.8. The highest BCUT2D eigenvalue weighted by atomic mass is 19.4. The third kappa shape index (κ3) is 5.68. The molecule has 0 N–H and O–H groups in total. The first-order valence-electron chi connectivity index (χ1n) is 11.1. The van der Waals surface area contributed by atoms with Gasteiger partial charge in [-0.25, -0.2) is 4.79 Å². The SMILES string of the molecule is CCCOC(=O)c1ccc(Oc2c(C(F)(F)F)oc3cc(OCc4ccccc4)ccc3c2=O)cc1. The summed E-state index contributed by atoms with van der Waals surface area (Å²) in [7, 11) is 0. The molecule has 4 rings (SSSR count). The van der Waals surface area contributed by atoms with Crippen molar-refractivity contribution < 1.29 is 36.6 Å². The van der Waals surface area contributed by atoms with Crippen molar-refractivity contribution in [3.63, 3.8) is 0 Å². The molecule has 9 heteroatoms. The van der Waals surface area contributed by atoms with Crippen LogP contribution >= 0.6 is 0 Å². The maximum Gasteiger partial charge on any atom is 0.453 e. The maximum absolute atomic E-state index is 13.8. The van der Waals surface area contributed by atoms with Gasteiger partial charge in [-0.15, -0.1) is 0 Å². The largest absolute Gasteiger partial charge is 0.489 e. The molecule has 0 fully saturated rings. The normalized spacial score (nSPS) is 11.3. The van der Waals surface area contributed by atoms with Crippen LogP contribution in [0, 0.1) is 0 Å². The maximum atomic E-state index is 13.8. The van der Waals surface area contributed by atoms with Crippen LogP contribution in [0.2, 0.25) is 0 Å². The van der Waals surface area contributed by atoms with E-state index < -0.39 is 29.1 Å². The van der Waals surface area contributed by atoms with Gasteiger partial charge in [0.05, 0.1) is 17.6 Å². The van der Waals surface area contributed by atoms with Gasteiger partial charge in [0.25, 0.3) is 5.76 Å². The van der Waals surface area contributed by atoms with E-state index in [0.29, 0.717) is 6.42 Å². The number of carbonyl (C=O) groups is 1. The van der Waals surface area contributed by atoms with Crippen molar-refractivity contribution in [1.82, 2.24) is 0 Å². The average Bonchev–Trinajstić information content (AvgIpc) is 2.87. The van der Waals surface area contributed by atoms with Crippen LogP contribution in [0.25, 0.3) is 11.0 Å². The molecule has 186 valence electrons. The number of carbonyl (C=O) groups excluding carboxylic acids is 1. The van der Waals surface area contributed by atoms with E-state index in [-0.39, 0.29) is 41.2 Å². The summed E-state index contributed by atoms with van der Waals surface area (Å²) in [5.41, 5.74) is -0.229.